The molecule has 4 heteroatoms. The van der Waals surface area contributed by atoms with Gasteiger partial charge in [-0.3, -0.25) is 4.79 Å². The first-order valence-electron chi connectivity index (χ1n) is 5.81. The second kappa shape index (κ2) is 5.91. The first-order chi connectivity index (χ1) is 9.15. The Morgan fingerprint density at radius 3 is 2.63 bits per heavy atom. The quantitative estimate of drug-likeness (QED) is 0.665. The van der Waals surface area contributed by atoms with Crippen LogP contribution in [0.2, 0.25) is 0 Å². The van der Waals surface area contributed by atoms with Crippen LogP contribution < -0.4 is 5.43 Å². The summed E-state index contributed by atoms with van der Waals surface area (Å²) >= 11 is 0. The molecule has 1 N–H and O–H groups in total. The molecule has 0 aromatic heterocycles. The molecule has 0 spiro atoms. The van der Waals surface area contributed by atoms with Gasteiger partial charge in [0.15, 0.2) is 0 Å². The lowest BCUT2D eigenvalue weighted by Gasteiger charge is -1.99. The molecule has 0 radical (unpaired) electrons. The number of benzene rings is 2. The van der Waals surface area contributed by atoms with E-state index in [-0.39, 0.29) is 11.7 Å². The van der Waals surface area contributed by atoms with Crippen LogP contribution in [0.15, 0.2) is 53.6 Å². The largest absolute Gasteiger partial charge is 0.271 e. The Morgan fingerprint density at radius 2 is 1.95 bits per heavy atom. The summed E-state index contributed by atoms with van der Waals surface area (Å²) in [4.78, 5) is 11.7. The molecule has 0 saturated carbocycles. The summed E-state index contributed by atoms with van der Waals surface area (Å²) in [6.45, 7) is 1.98. The van der Waals surface area contributed by atoms with Crippen molar-refractivity contribution < 1.29 is 9.18 Å². The second-order valence-corrected chi connectivity index (χ2v) is 4.12. The topological polar surface area (TPSA) is 41.5 Å². The van der Waals surface area contributed by atoms with Gasteiger partial charge in [-0.2, -0.15) is 5.10 Å². The van der Waals surface area contributed by atoms with Gasteiger partial charge < -0.3 is 0 Å². The van der Waals surface area contributed by atoms with Crippen LogP contribution in [-0.2, 0) is 0 Å². The second-order valence-electron chi connectivity index (χ2n) is 4.12. The normalized spacial score (nSPS) is 10.6. The lowest BCUT2D eigenvalue weighted by atomic mass is 10.2. The van der Waals surface area contributed by atoms with Crippen molar-refractivity contribution in [2.24, 2.45) is 5.10 Å². The van der Waals surface area contributed by atoms with E-state index in [2.05, 4.69) is 10.5 Å². The molecule has 3 nitrogen and oxygen atoms in total. The van der Waals surface area contributed by atoms with Gasteiger partial charge in [-0.05, 0) is 36.8 Å². The Hall–Kier alpha value is -2.49. The van der Waals surface area contributed by atoms with Crippen molar-refractivity contribution in [2.75, 3.05) is 0 Å². The molecule has 0 saturated heterocycles. The zero-order valence-electron chi connectivity index (χ0n) is 10.4. The zero-order chi connectivity index (χ0) is 13.7. The minimum atomic E-state index is -0.375. The molecule has 2 rings (SSSR count). The number of nitrogens with one attached hydrogen (secondary N) is 1. The number of nitrogens with zero attached hydrogens (tertiary/aromatic N) is 1. The van der Waals surface area contributed by atoms with Crippen molar-refractivity contribution in [3.63, 3.8) is 0 Å². The Labute approximate surface area is 110 Å². The van der Waals surface area contributed by atoms with E-state index in [9.17, 15) is 9.18 Å². The van der Waals surface area contributed by atoms with Crippen LogP contribution in [0.3, 0.4) is 0 Å². The molecule has 0 atom stereocenters. The first-order valence-corrected chi connectivity index (χ1v) is 5.81. The van der Waals surface area contributed by atoms with Crippen molar-refractivity contribution in [3.05, 3.63) is 71.0 Å². The maximum atomic E-state index is 12.7. The third-order valence-corrected chi connectivity index (χ3v) is 2.53. The molecule has 0 aliphatic rings. The SMILES string of the molecule is Cc1cccc(/C=N/NC(=O)c2ccc(F)cc2)c1. The number of amides is 1. The van der Waals surface area contributed by atoms with Gasteiger partial charge in [0.1, 0.15) is 5.82 Å². The predicted molar refractivity (Wildman–Crippen MR) is 72.6 cm³/mol. The average Bonchev–Trinajstić information content (AvgIpc) is 2.39. The van der Waals surface area contributed by atoms with Gasteiger partial charge in [-0.15, -0.1) is 0 Å². The molecule has 0 aliphatic carbocycles. The molecule has 2 aromatic carbocycles. The molecule has 96 valence electrons. The summed E-state index contributed by atoms with van der Waals surface area (Å²) in [6.07, 6.45) is 1.56. The van der Waals surface area contributed by atoms with E-state index >= 15 is 0 Å². The highest BCUT2D eigenvalue weighted by Crippen LogP contribution is 2.03. The fraction of sp³-hybridized carbons (Fsp3) is 0.0667. The Balaban J connectivity index is 1.98. The van der Waals surface area contributed by atoms with Gasteiger partial charge in [0, 0.05) is 5.56 Å². The van der Waals surface area contributed by atoms with Crippen LogP contribution in [0.1, 0.15) is 21.5 Å². The minimum Gasteiger partial charge on any atom is -0.267 e. The maximum Gasteiger partial charge on any atom is 0.271 e. The lowest BCUT2D eigenvalue weighted by molar-refractivity contribution is 0.0955. The predicted octanol–water partition coefficient (Wildman–Crippen LogP) is 2.90. The maximum absolute atomic E-state index is 12.7. The van der Waals surface area contributed by atoms with Crippen LogP contribution in [0.5, 0.6) is 0 Å². The van der Waals surface area contributed by atoms with E-state index in [0.717, 1.165) is 11.1 Å². The number of rotatable bonds is 3. The van der Waals surface area contributed by atoms with Crippen molar-refractivity contribution in [1.29, 1.82) is 0 Å². The van der Waals surface area contributed by atoms with Gasteiger partial charge in [-0.1, -0.05) is 29.8 Å². The fourth-order valence-electron chi connectivity index (χ4n) is 1.58. The number of carbonyl (C=O) groups is 1. The summed E-state index contributed by atoms with van der Waals surface area (Å²) in [5, 5.41) is 3.86. The van der Waals surface area contributed by atoms with E-state index in [1.54, 1.807) is 6.21 Å². The van der Waals surface area contributed by atoms with Gasteiger partial charge in [-0.25, -0.2) is 9.82 Å². The van der Waals surface area contributed by atoms with Crippen molar-refractivity contribution >= 4 is 12.1 Å². The van der Waals surface area contributed by atoms with Crippen molar-refractivity contribution in [1.82, 2.24) is 5.43 Å². The summed E-state index contributed by atoms with van der Waals surface area (Å²) in [6, 6.07) is 13.0. The molecule has 19 heavy (non-hydrogen) atoms. The van der Waals surface area contributed by atoms with Gasteiger partial charge >= 0.3 is 0 Å². The highest BCUT2D eigenvalue weighted by molar-refractivity contribution is 5.94. The highest BCUT2D eigenvalue weighted by Gasteiger charge is 2.03. The molecular formula is C15H13FN2O. The van der Waals surface area contributed by atoms with Crippen LogP contribution >= 0.6 is 0 Å². The summed E-state index contributed by atoms with van der Waals surface area (Å²) < 4.78 is 12.7. The Morgan fingerprint density at radius 1 is 1.21 bits per heavy atom. The van der Waals surface area contributed by atoms with Gasteiger partial charge in [0.05, 0.1) is 6.21 Å². The molecule has 0 heterocycles. The molecule has 0 unspecified atom stereocenters. The Kier molecular flexibility index (Phi) is 4.03. The molecule has 1 amide bonds. The molecule has 0 fully saturated rings. The average molecular weight is 256 g/mol. The molecule has 2 aromatic rings. The smallest absolute Gasteiger partial charge is 0.267 e. The number of carbonyl (C=O) groups excluding carboxylic acids is 1. The number of hydrazone groups is 1. The Bertz CT molecular complexity index is 606. The van der Waals surface area contributed by atoms with E-state index in [4.69, 9.17) is 0 Å². The van der Waals surface area contributed by atoms with Crippen molar-refractivity contribution in [2.45, 2.75) is 6.92 Å². The minimum absolute atomic E-state index is 0.364. The van der Waals surface area contributed by atoms with Gasteiger partial charge in [0.2, 0.25) is 0 Å². The molecule has 0 aliphatic heterocycles. The summed E-state index contributed by atoms with van der Waals surface area (Å²) in [7, 11) is 0. The number of hydrogen-bond acceptors (Lipinski definition) is 2. The number of aryl methyl sites for hydroxylation is 1. The van der Waals surface area contributed by atoms with Crippen LogP contribution in [0, 0.1) is 12.7 Å². The van der Waals surface area contributed by atoms with Crippen LogP contribution in [0.25, 0.3) is 0 Å². The zero-order valence-corrected chi connectivity index (χ0v) is 10.4. The molecular weight excluding hydrogens is 243 g/mol. The first kappa shape index (κ1) is 13.0. The lowest BCUT2D eigenvalue weighted by Crippen LogP contribution is -2.17. The summed E-state index contributed by atoms with van der Waals surface area (Å²) in [5.41, 5.74) is 4.78. The van der Waals surface area contributed by atoms with Crippen molar-refractivity contribution in [3.8, 4) is 0 Å². The monoisotopic (exact) mass is 256 g/mol. The van der Waals surface area contributed by atoms with E-state index < -0.39 is 0 Å². The van der Waals surface area contributed by atoms with E-state index in [1.165, 1.54) is 24.3 Å². The third-order valence-electron chi connectivity index (χ3n) is 2.53. The van der Waals surface area contributed by atoms with E-state index in [0.29, 0.717) is 5.56 Å². The van der Waals surface area contributed by atoms with Crippen LogP contribution in [0.4, 0.5) is 4.39 Å². The van der Waals surface area contributed by atoms with Crippen LogP contribution in [-0.4, -0.2) is 12.1 Å². The van der Waals surface area contributed by atoms with Gasteiger partial charge in [0.25, 0.3) is 5.91 Å². The number of hydrogen-bond donors (Lipinski definition) is 1. The third kappa shape index (κ3) is 3.74. The fourth-order valence-corrected chi connectivity index (χ4v) is 1.58. The number of halogens is 1. The van der Waals surface area contributed by atoms with E-state index in [1.807, 2.05) is 31.2 Å². The summed E-state index contributed by atoms with van der Waals surface area (Å²) in [5.74, 6) is -0.747. The molecule has 0 bridgehead atoms. The highest BCUT2D eigenvalue weighted by atomic mass is 19.1. The standard InChI is InChI=1S/C15H13FN2O/c1-11-3-2-4-12(9-11)10-17-18-15(19)13-5-7-14(16)8-6-13/h2-10H,1H3,(H,18,19)/b17-10+.